The Balaban J connectivity index is 0. The van der Waals surface area contributed by atoms with E-state index in [-0.39, 0.29) is 19.1 Å². The molecule has 6 nitrogen and oxygen atoms in total. The number of amides is 2. The fourth-order valence-electron chi connectivity index (χ4n) is 0.497. The number of aliphatic hydroxyl groups excluding tert-OH is 1. The molecule has 84 valence electrons. The third kappa shape index (κ3) is 22.4. The number of unbranched alkanes of at least 4 members (excludes halogenated alkanes) is 1. The second kappa shape index (κ2) is 11.7. The van der Waals surface area contributed by atoms with Gasteiger partial charge in [0.2, 0.25) is 5.91 Å². The average molecular weight is 206 g/mol. The van der Waals surface area contributed by atoms with Crippen LogP contribution in [0.1, 0.15) is 26.2 Å². The molecule has 6 heteroatoms. The van der Waals surface area contributed by atoms with Gasteiger partial charge in [0.15, 0.2) is 0 Å². The summed E-state index contributed by atoms with van der Waals surface area (Å²) in [5, 5.41) is 7.98. The highest BCUT2D eigenvalue weighted by Gasteiger charge is 1.88. The first kappa shape index (κ1) is 15.2. The number of nitrogens with two attached hydrogens (primary N) is 2. The highest BCUT2D eigenvalue weighted by molar-refractivity contribution is 5.73. The summed E-state index contributed by atoms with van der Waals surface area (Å²) in [6, 6.07) is 0. The zero-order chi connectivity index (χ0) is 11.4. The van der Waals surface area contributed by atoms with Crippen molar-refractivity contribution >= 4 is 12.0 Å². The van der Waals surface area contributed by atoms with Crippen molar-refractivity contribution in [2.45, 2.75) is 26.2 Å². The van der Waals surface area contributed by atoms with Gasteiger partial charge in [-0.2, -0.15) is 0 Å². The second-order valence-electron chi connectivity index (χ2n) is 2.46. The van der Waals surface area contributed by atoms with Gasteiger partial charge in [0.05, 0.1) is 6.61 Å². The highest BCUT2D eigenvalue weighted by atomic mass is 16.6. The van der Waals surface area contributed by atoms with E-state index in [0.29, 0.717) is 6.42 Å². The molecule has 0 radical (unpaired) electrons. The summed E-state index contributed by atoms with van der Waals surface area (Å²) >= 11 is 0. The van der Waals surface area contributed by atoms with Crippen LogP contribution < -0.4 is 11.5 Å². The number of hydrogen-bond acceptors (Lipinski definition) is 4. The molecule has 0 aromatic heterocycles. The maximum absolute atomic E-state index is 9.98. The van der Waals surface area contributed by atoms with Gasteiger partial charge in [-0.3, -0.25) is 4.79 Å². The van der Waals surface area contributed by atoms with Crippen LogP contribution >= 0.6 is 0 Å². The molecule has 5 N–H and O–H groups in total. The molecule has 0 atom stereocenters. The molecule has 0 fully saturated rings. The maximum atomic E-state index is 9.98. The topological polar surface area (TPSA) is 116 Å². The second-order valence-corrected chi connectivity index (χ2v) is 2.46. The molecule has 0 spiro atoms. The van der Waals surface area contributed by atoms with Crippen LogP contribution in [0.25, 0.3) is 0 Å². The standard InChI is InChI=1S/C5H11NO.C3H7NO3/c1-2-3-4-5(6)7;4-3(6)7-2-1-5/h2-4H2,1H3,(H2,6,7);5H,1-2H2,(H2,4,6). The van der Waals surface area contributed by atoms with Gasteiger partial charge in [-0.1, -0.05) is 13.3 Å². The average Bonchev–Trinajstić information content (AvgIpc) is 2.12. The van der Waals surface area contributed by atoms with E-state index in [1.165, 1.54) is 0 Å². The van der Waals surface area contributed by atoms with E-state index in [1.54, 1.807) is 0 Å². The number of ether oxygens (including phenoxy) is 1. The fourth-order valence-corrected chi connectivity index (χ4v) is 0.497. The van der Waals surface area contributed by atoms with Crippen molar-refractivity contribution in [3.63, 3.8) is 0 Å². The Bertz CT molecular complexity index is 143. The first-order valence-electron chi connectivity index (χ1n) is 4.36. The van der Waals surface area contributed by atoms with Crippen LogP contribution in [0.3, 0.4) is 0 Å². The summed E-state index contributed by atoms with van der Waals surface area (Å²) < 4.78 is 4.08. The van der Waals surface area contributed by atoms with Crippen molar-refractivity contribution in [2.75, 3.05) is 13.2 Å². The zero-order valence-corrected chi connectivity index (χ0v) is 8.36. The van der Waals surface area contributed by atoms with Crippen LogP contribution in [0, 0.1) is 0 Å². The Morgan fingerprint density at radius 3 is 2.07 bits per heavy atom. The molecule has 2 amide bonds. The summed E-state index contributed by atoms with van der Waals surface area (Å²) in [5.41, 5.74) is 9.35. The van der Waals surface area contributed by atoms with E-state index < -0.39 is 6.09 Å². The molecule has 0 aromatic carbocycles. The SMILES string of the molecule is CCCCC(N)=O.NC(=O)OCCO. The zero-order valence-electron chi connectivity index (χ0n) is 8.36. The van der Waals surface area contributed by atoms with E-state index >= 15 is 0 Å². The summed E-state index contributed by atoms with van der Waals surface area (Å²) in [7, 11) is 0. The first-order chi connectivity index (χ1) is 6.54. The van der Waals surface area contributed by atoms with Crippen molar-refractivity contribution in [3.8, 4) is 0 Å². The van der Waals surface area contributed by atoms with Crippen LogP contribution in [-0.4, -0.2) is 30.3 Å². The Morgan fingerprint density at radius 1 is 1.36 bits per heavy atom. The predicted octanol–water partition coefficient (Wildman–Crippen LogP) is -0.264. The lowest BCUT2D eigenvalue weighted by atomic mass is 10.2. The predicted molar refractivity (Wildman–Crippen MR) is 51.3 cm³/mol. The van der Waals surface area contributed by atoms with E-state index in [1.807, 2.05) is 6.92 Å². The first-order valence-corrected chi connectivity index (χ1v) is 4.36. The molecule has 0 heterocycles. The molecule has 0 unspecified atom stereocenters. The quantitative estimate of drug-likeness (QED) is 0.574. The minimum atomic E-state index is -0.853. The van der Waals surface area contributed by atoms with Crippen molar-refractivity contribution in [1.82, 2.24) is 0 Å². The molecule has 14 heavy (non-hydrogen) atoms. The van der Waals surface area contributed by atoms with Crippen molar-refractivity contribution < 1.29 is 19.4 Å². The molecular weight excluding hydrogens is 188 g/mol. The van der Waals surface area contributed by atoms with Gasteiger partial charge in [-0.25, -0.2) is 4.79 Å². The Hall–Kier alpha value is -1.30. The number of primary amides is 2. The number of carbonyl (C=O) groups is 2. The third-order valence-electron chi connectivity index (χ3n) is 1.11. The largest absolute Gasteiger partial charge is 0.447 e. The molecule has 0 saturated heterocycles. The number of hydrogen-bond donors (Lipinski definition) is 3. The lowest BCUT2D eigenvalue weighted by Gasteiger charge is -1.92. The van der Waals surface area contributed by atoms with Crippen LogP contribution in [0.5, 0.6) is 0 Å². The van der Waals surface area contributed by atoms with Crippen molar-refractivity contribution in [3.05, 3.63) is 0 Å². The third-order valence-corrected chi connectivity index (χ3v) is 1.11. The van der Waals surface area contributed by atoms with E-state index in [0.717, 1.165) is 12.8 Å². The lowest BCUT2D eigenvalue weighted by molar-refractivity contribution is -0.118. The maximum Gasteiger partial charge on any atom is 0.404 e. The van der Waals surface area contributed by atoms with Gasteiger partial charge in [0.1, 0.15) is 6.61 Å². The minimum absolute atomic E-state index is 0.0185. The highest BCUT2D eigenvalue weighted by Crippen LogP contribution is 1.89. The van der Waals surface area contributed by atoms with Gasteiger partial charge in [0, 0.05) is 6.42 Å². The Kier molecular flexibility index (Phi) is 12.7. The monoisotopic (exact) mass is 206 g/mol. The summed E-state index contributed by atoms with van der Waals surface area (Å²) in [6.45, 7) is 1.83. The molecule has 0 aliphatic heterocycles. The van der Waals surface area contributed by atoms with Crippen LogP contribution in [0.2, 0.25) is 0 Å². The molecule has 0 aliphatic carbocycles. The van der Waals surface area contributed by atoms with Gasteiger partial charge in [0.25, 0.3) is 0 Å². The van der Waals surface area contributed by atoms with Crippen LogP contribution in [-0.2, 0) is 9.53 Å². The smallest absolute Gasteiger partial charge is 0.404 e. The fraction of sp³-hybridized carbons (Fsp3) is 0.750. The van der Waals surface area contributed by atoms with E-state index in [4.69, 9.17) is 10.8 Å². The van der Waals surface area contributed by atoms with Crippen molar-refractivity contribution in [2.24, 2.45) is 11.5 Å². The van der Waals surface area contributed by atoms with Gasteiger partial charge >= 0.3 is 6.09 Å². The number of carbonyl (C=O) groups excluding carboxylic acids is 2. The number of rotatable bonds is 5. The normalized spacial score (nSPS) is 8.43. The summed E-state index contributed by atoms with van der Waals surface area (Å²) in [4.78, 5) is 19.6. The van der Waals surface area contributed by atoms with Crippen LogP contribution in [0.4, 0.5) is 4.79 Å². The Morgan fingerprint density at radius 2 is 1.93 bits per heavy atom. The molecule has 0 rings (SSSR count). The van der Waals surface area contributed by atoms with Gasteiger partial charge < -0.3 is 21.3 Å². The Labute approximate surface area is 83.2 Å². The molecule has 0 saturated carbocycles. The van der Waals surface area contributed by atoms with Gasteiger partial charge in [-0.15, -0.1) is 0 Å². The molecule has 0 aromatic rings. The molecular formula is C8H18N2O4. The van der Waals surface area contributed by atoms with Gasteiger partial charge in [-0.05, 0) is 6.42 Å². The molecule has 0 aliphatic rings. The molecule has 0 bridgehead atoms. The lowest BCUT2D eigenvalue weighted by Crippen LogP contribution is -2.15. The summed E-state index contributed by atoms with van der Waals surface area (Å²) in [6.07, 6.45) is 1.66. The van der Waals surface area contributed by atoms with E-state index in [2.05, 4.69) is 10.5 Å². The van der Waals surface area contributed by atoms with Crippen molar-refractivity contribution in [1.29, 1.82) is 0 Å². The summed E-state index contributed by atoms with van der Waals surface area (Å²) in [5.74, 6) is -0.193. The van der Waals surface area contributed by atoms with Crippen LogP contribution in [0.15, 0.2) is 0 Å². The number of aliphatic hydroxyl groups is 1. The van der Waals surface area contributed by atoms with E-state index in [9.17, 15) is 9.59 Å². The minimum Gasteiger partial charge on any atom is -0.447 e.